The molecule has 2 aliphatic rings. The van der Waals surface area contributed by atoms with E-state index in [0.29, 0.717) is 66.9 Å². The van der Waals surface area contributed by atoms with Crippen molar-refractivity contribution < 1.29 is 22.7 Å². The van der Waals surface area contributed by atoms with E-state index in [2.05, 4.69) is 34.9 Å². The number of nitrogens with zero attached hydrogens (tertiary/aromatic N) is 5. The van der Waals surface area contributed by atoms with Crippen molar-refractivity contribution in [2.75, 3.05) is 44.2 Å². The average Bonchev–Trinajstić information content (AvgIpc) is 3.70. The molecule has 0 spiro atoms. The van der Waals surface area contributed by atoms with Gasteiger partial charge in [0.25, 0.3) is 5.91 Å². The van der Waals surface area contributed by atoms with Crippen LogP contribution in [0.5, 0.6) is 5.88 Å². The molecule has 1 atom stereocenters. The summed E-state index contributed by atoms with van der Waals surface area (Å²) in [7, 11) is -3.42. The predicted molar refractivity (Wildman–Crippen MR) is 146 cm³/mol. The number of carbonyl (C=O) groups is 1. The van der Waals surface area contributed by atoms with Gasteiger partial charge in [0, 0.05) is 32.0 Å². The highest BCUT2D eigenvalue weighted by atomic mass is 32.2. The topological polar surface area (TPSA) is 149 Å². The van der Waals surface area contributed by atoms with Gasteiger partial charge in [-0.05, 0) is 38.3 Å². The fourth-order valence-electron chi connectivity index (χ4n) is 4.16. The molecular weight excluding hydrogens is 542 g/mol. The Hall–Kier alpha value is -3.20. The molecule has 0 unspecified atom stereocenters. The molecule has 1 aliphatic heterocycles. The number of aromatic nitrogens is 4. The van der Waals surface area contributed by atoms with Gasteiger partial charge in [-0.3, -0.25) is 24.4 Å². The highest BCUT2D eigenvalue weighted by molar-refractivity contribution is 7.93. The largest absolute Gasteiger partial charge is 0.477 e. The number of ether oxygens (including phenoxy) is 2. The van der Waals surface area contributed by atoms with Gasteiger partial charge < -0.3 is 14.8 Å². The van der Waals surface area contributed by atoms with Gasteiger partial charge in [0.2, 0.25) is 15.9 Å². The standard InChI is InChI=1S/C25H31N7O5S2/c1-2-37-23-16-26-14-21(29-23)22-15-28-25(38-22)24(33)30-19(6-8-32-9-11-36-12-10-32)20-13-17(5-7-27-20)31-39(34,35)18-3-4-18/h5,7,13-16,18-19H,2-4,6,8-12H2,1H3,(H,27,31)(H,30,33)/t19-/m1/s1. The quantitative estimate of drug-likeness (QED) is 0.331. The number of amides is 1. The SMILES string of the molecule is CCOc1cncc(-c2cnc(C(=O)N[C@H](CCN3CCOCC3)c3cc(NS(=O)(=O)C4CC4)ccn3)s2)n1. The smallest absolute Gasteiger partial charge is 0.280 e. The zero-order valence-corrected chi connectivity index (χ0v) is 23.2. The van der Waals surface area contributed by atoms with Gasteiger partial charge in [-0.1, -0.05) is 0 Å². The van der Waals surface area contributed by atoms with Crippen LogP contribution in [0.15, 0.2) is 36.9 Å². The van der Waals surface area contributed by atoms with E-state index in [1.54, 1.807) is 30.7 Å². The number of morpholine rings is 1. The third kappa shape index (κ3) is 7.26. The van der Waals surface area contributed by atoms with Gasteiger partial charge in [-0.25, -0.2) is 18.4 Å². The normalized spacial score (nSPS) is 16.9. The van der Waals surface area contributed by atoms with E-state index in [0.717, 1.165) is 19.6 Å². The average molecular weight is 574 g/mol. The van der Waals surface area contributed by atoms with Crippen LogP contribution < -0.4 is 14.8 Å². The summed E-state index contributed by atoms with van der Waals surface area (Å²) in [5.41, 5.74) is 1.57. The number of pyridine rings is 1. The highest BCUT2D eigenvalue weighted by Crippen LogP contribution is 2.30. The molecule has 2 fully saturated rings. The van der Waals surface area contributed by atoms with Crippen molar-refractivity contribution in [1.29, 1.82) is 0 Å². The number of sulfonamides is 1. The number of hydrogen-bond acceptors (Lipinski definition) is 11. The summed E-state index contributed by atoms with van der Waals surface area (Å²) in [4.78, 5) is 33.6. The van der Waals surface area contributed by atoms with Gasteiger partial charge >= 0.3 is 0 Å². The number of hydrogen-bond donors (Lipinski definition) is 2. The van der Waals surface area contributed by atoms with Crippen molar-refractivity contribution in [2.24, 2.45) is 0 Å². The maximum absolute atomic E-state index is 13.3. The lowest BCUT2D eigenvalue weighted by Crippen LogP contribution is -2.39. The summed E-state index contributed by atoms with van der Waals surface area (Å²) in [6.45, 7) is 6.02. The first-order chi connectivity index (χ1) is 18.9. The second-order valence-corrected chi connectivity index (χ2v) is 12.3. The van der Waals surface area contributed by atoms with Crippen molar-refractivity contribution in [3.8, 4) is 16.5 Å². The molecule has 5 rings (SSSR count). The molecule has 1 aliphatic carbocycles. The first-order valence-electron chi connectivity index (χ1n) is 12.9. The molecule has 1 saturated carbocycles. The van der Waals surface area contributed by atoms with Crippen LogP contribution in [0.3, 0.4) is 0 Å². The van der Waals surface area contributed by atoms with Crippen LogP contribution in [0.4, 0.5) is 5.69 Å². The van der Waals surface area contributed by atoms with E-state index in [1.165, 1.54) is 17.5 Å². The Bertz CT molecular complexity index is 1390. The monoisotopic (exact) mass is 573 g/mol. The Balaban J connectivity index is 1.33. The van der Waals surface area contributed by atoms with Gasteiger partial charge in [0.1, 0.15) is 5.69 Å². The van der Waals surface area contributed by atoms with Crippen LogP contribution in [0.2, 0.25) is 0 Å². The Morgan fingerprint density at radius 1 is 1.23 bits per heavy atom. The number of anilines is 1. The molecule has 39 heavy (non-hydrogen) atoms. The Morgan fingerprint density at radius 2 is 2.05 bits per heavy atom. The van der Waals surface area contributed by atoms with Crippen molar-refractivity contribution >= 4 is 33.0 Å². The van der Waals surface area contributed by atoms with Crippen molar-refractivity contribution in [1.82, 2.24) is 30.2 Å². The lowest BCUT2D eigenvalue weighted by Gasteiger charge is -2.28. The summed E-state index contributed by atoms with van der Waals surface area (Å²) < 4.78 is 38.5. The lowest BCUT2D eigenvalue weighted by atomic mass is 10.1. The van der Waals surface area contributed by atoms with E-state index in [-0.39, 0.29) is 16.2 Å². The van der Waals surface area contributed by atoms with Gasteiger partial charge in [-0.2, -0.15) is 0 Å². The summed E-state index contributed by atoms with van der Waals surface area (Å²) in [5.74, 6) is 0.0544. The highest BCUT2D eigenvalue weighted by Gasteiger charge is 2.35. The molecule has 3 aromatic heterocycles. The number of thiazole rings is 1. The lowest BCUT2D eigenvalue weighted by molar-refractivity contribution is 0.0359. The molecular formula is C25H31N7O5S2. The minimum absolute atomic E-state index is 0.274. The second-order valence-electron chi connectivity index (χ2n) is 9.29. The van der Waals surface area contributed by atoms with E-state index in [1.807, 2.05) is 6.92 Å². The minimum Gasteiger partial charge on any atom is -0.477 e. The molecule has 0 aromatic carbocycles. The fraction of sp³-hybridized carbons (Fsp3) is 0.480. The molecule has 4 heterocycles. The molecule has 0 radical (unpaired) electrons. The Morgan fingerprint density at radius 3 is 2.82 bits per heavy atom. The van der Waals surface area contributed by atoms with Crippen molar-refractivity contribution in [2.45, 2.75) is 37.5 Å². The molecule has 14 heteroatoms. The maximum Gasteiger partial charge on any atom is 0.280 e. The molecule has 0 bridgehead atoms. The first kappa shape index (κ1) is 27.4. The number of carbonyl (C=O) groups excluding carboxylic acids is 1. The van der Waals surface area contributed by atoms with Crippen LogP contribution in [-0.2, 0) is 14.8 Å². The molecule has 208 valence electrons. The third-order valence-corrected chi connectivity index (χ3v) is 9.25. The zero-order valence-electron chi connectivity index (χ0n) is 21.6. The van der Waals surface area contributed by atoms with Crippen LogP contribution in [0.25, 0.3) is 10.6 Å². The van der Waals surface area contributed by atoms with Gasteiger partial charge in [0.15, 0.2) is 5.01 Å². The maximum atomic E-state index is 13.3. The zero-order chi connectivity index (χ0) is 27.2. The molecule has 12 nitrogen and oxygen atoms in total. The summed E-state index contributed by atoms with van der Waals surface area (Å²) in [6.07, 6.45) is 8.20. The van der Waals surface area contributed by atoms with E-state index < -0.39 is 16.1 Å². The summed E-state index contributed by atoms with van der Waals surface area (Å²) in [6, 6.07) is 2.85. The number of rotatable bonds is 12. The number of nitrogens with one attached hydrogen (secondary N) is 2. The van der Waals surface area contributed by atoms with Crippen LogP contribution in [0.1, 0.15) is 47.7 Å². The van der Waals surface area contributed by atoms with E-state index in [9.17, 15) is 13.2 Å². The van der Waals surface area contributed by atoms with Crippen LogP contribution >= 0.6 is 11.3 Å². The Kier molecular flexibility index (Phi) is 8.65. The molecule has 1 saturated heterocycles. The predicted octanol–water partition coefficient (Wildman–Crippen LogP) is 2.49. The second kappa shape index (κ2) is 12.3. The minimum atomic E-state index is -3.42. The summed E-state index contributed by atoms with van der Waals surface area (Å²) >= 11 is 1.21. The van der Waals surface area contributed by atoms with Crippen LogP contribution in [0, 0.1) is 0 Å². The Labute approximate surface area is 231 Å². The van der Waals surface area contributed by atoms with Crippen molar-refractivity contribution in [3.05, 3.63) is 47.6 Å². The third-order valence-electron chi connectivity index (χ3n) is 6.36. The summed E-state index contributed by atoms with van der Waals surface area (Å²) in [5, 5.41) is 2.99. The van der Waals surface area contributed by atoms with E-state index >= 15 is 0 Å². The van der Waals surface area contributed by atoms with Crippen LogP contribution in [-0.4, -0.2) is 83.9 Å². The van der Waals surface area contributed by atoms with Gasteiger partial charge in [-0.15, -0.1) is 11.3 Å². The fourth-order valence-corrected chi connectivity index (χ4v) is 6.31. The molecule has 3 aromatic rings. The molecule has 2 N–H and O–H groups in total. The molecule has 1 amide bonds. The van der Waals surface area contributed by atoms with Gasteiger partial charge in [0.05, 0.1) is 59.8 Å². The first-order valence-corrected chi connectivity index (χ1v) is 15.3. The van der Waals surface area contributed by atoms with E-state index in [4.69, 9.17) is 9.47 Å². The van der Waals surface area contributed by atoms with Crippen molar-refractivity contribution in [3.63, 3.8) is 0 Å².